The summed E-state index contributed by atoms with van der Waals surface area (Å²) in [5.74, 6) is -13.6. The number of hydrogen-bond acceptors (Lipinski definition) is 8. The minimum atomic E-state index is -5.74. The van der Waals surface area contributed by atoms with E-state index in [0.717, 1.165) is 25.1 Å². The molecule has 2 heterocycles. The second-order valence-electron chi connectivity index (χ2n) is 9.21. The zero-order valence-electron chi connectivity index (χ0n) is 20.4. The summed E-state index contributed by atoms with van der Waals surface area (Å²) >= 11 is 0. The van der Waals surface area contributed by atoms with Gasteiger partial charge in [0, 0.05) is 24.3 Å². The lowest BCUT2D eigenvalue weighted by atomic mass is 9.69. The molecule has 0 aliphatic carbocycles. The smallest absolute Gasteiger partial charge is 0.274 e. The molecule has 0 aromatic heterocycles. The number of carbonyl (C=O) groups is 4. The molecule has 0 saturated carbocycles. The molecule has 0 N–H and O–H groups in total. The molecular weight excluding hydrogens is 574 g/mol. The Morgan fingerprint density at radius 2 is 1.24 bits per heavy atom. The molecule has 3 atom stereocenters. The van der Waals surface area contributed by atoms with Crippen molar-refractivity contribution in [3.05, 3.63) is 67.8 Å². The van der Waals surface area contributed by atoms with E-state index in [4.69, 9.17) is 0 Å². The molecule has 18 heteroatoms. The predicted octanol–water partition coefficient (Wildman–Crippen LogP) is 4.08. The van der Waals surface area contributed by atoms with Gasteiger partial charge in [-0.05, 0) is 24.6 Å². The van der Waals surface area contributed by atoms with Gasteiger partial charge in [0.05, 0.1) is 32.7 Å². The summed E-state index contributed by atoms with van der Waals surface area (Å²) < 4.78 is 84.9. The molecule has 41 heavy (non-hydrogen) atoms. The Morgan fingerprint density at radius 3 is 1.68 bits per heavy atom. The Kier molecular flexibility index (Phi) is 6.43. The van der Waals surface area contributed by atoms with Crippen molar-refractivity contribution in [2.45, 2.75) is 26.2 Å². The zero-order valence-corrected chi connectivity index (χ0v) is 20.4. The number of alkyl halides is 6. The van der Waals surface area contributed by atoms with E-state index in [-0.39, 0.29) is 22.6 Å². The van der Waals surface area contributed by atoms with Crippen LogP contribution in [0.4, 0.5) is 49.1 Å². The minimum absolute atomic E-state index is 0.0962. The second kappa shape index (κ2) is 9.07. The highest BCUT2D eigenvalue weighted by atomic mass is 19.4. The normalized spacial score (nSPS) is 23.2. The fourth-order valence-electron chi connectivity index (χ4n) is 5.16. The predicted molar refractivity (Wildman–Crippen MR) is 122 cm³/mol. The van der Waals surface area contributed by atoms with Gasteiger partial charge < -0.3 is 0 Å². The van der Waals surface area contributed by atoms with E-state index in [9.17, 15) is 65.7 Å². The van der Waals surface area contributed by atoms with E-state index < -0.39 is 96.3 Å². The van der Waals surface area contributed by atoms with Gasteiger partial charge in [0.1, 0.15) is 0 Å². The Bertz CT molecular complexity index is 1570. The van der Waals surface area contributed by atoms with E-state index >= 15 is 0 Å². The van der Waals surface area contributed by atoms with Crippen LogP contribution in [-0.4, -0.2) is 39.7 Å². The van der Waals surface area contributed by atoms with Crippen LogP contribution in [0.15, 0.2) is 36.4 Å². The van der Waals surface area contributed by atoms with Crippen LogP contribution in [0.2, 0.25) is 0 Å². The Morgan fingerprint density at radius 1 is 0.780 bits per heavy atom. The van der Waals surface area contributed by atoms with E-state index in [1.54, 1.807) is 0 Å². The first-order chi connectivity index (χ1) is 18.8. The number of nitrogens with zero attached hydrogens (tertiary/aromatic N) is 4. The van der Waals surface area contributed by atoms with Crippen LogP contribution in [0, 0.1) is 44.4 Å². The lowest BCUT2D eigenvalue weighted by molar-refractivity contribution is -0.385. The molecule has 0 radical (unpaired) electrons. The molecule has 2 aliphatic rings. The van der Waals surface area contributed by atoms with Crippen molar-refractivity contribution in [3.8, 4) is 0 Å². The zero-order chi connectivity index (χ0) is 31.0. The van der Waals surface area contributed by atoms with Gasteiger partial charge >= 0.3 is 12.4 Å². The van der Waals surface area contributed by atoms with Gasteiger partial charge in [-0.1, -0.05) is 6.92 Å². The molecule has 4 amide bonds. The average molecular weight is 588 g/mol. The maximum absolute atomic E-state index is 14.4. The highest BCUT2D eigenvalue weighted by Crippen LogP contribution is 2.58. The molecule has 12 nitrogen and oxygen atoms in total. The number of nitro groups is 2. The Balaban J connectivity index is 1.97. The molecule has 0 bridgehead atoms. The number of benzene rings is 2. The third kappa shape index (κ3) is 4.08. The molecule has 216 valence electrons. The molecule has 2 aromatic carbocycles. The number of non-ortho nitro benzene ring substituents is 2. The van der Waals surface area contributed by atoms with Crippen LogP contribution in [-0.2, 0) is 25.4 Å². The van der Waals surface area contributed by atoms with Crippen molar-refractivity contribution in [2.24, 2.45) is 17.3 Å². The molecular formula is C23H14F6N4O8. The number of amides is 4. The van der Waals surface area contributed by atoms with Gasteiger partial charge in [-0.2, -0.15) is 26.3 Å². The van der Waals surface area contributed by atoms with Crippen molar-refractivity contribution in [1.29, 1.82) is 0 Å². The minimum Gasteiger partial charge on any atom is -0.274 e. The van der Waals surface area contributed by atoms with Crippen molar-refractivity contribution >= 4 is 46.4 Å². The van der Waals surface area contributed by atoms with Crippen LogP contribution in [0.1, 0.15) is 18.1 Å². The average Bonchev–Trinajstić information content (AvgIpc) is 3.20. The fraction of sp³-hybridized carbons (Fsp3) is 0.304. The van der Waals surface area contributed by atoms with Gasteiger partial charge in [0.25, 0.3) is 23.2 Å². The monoisotopic (exact) mass is 588 g/mol. The lowest BCUT2D eigenvalue weighted by Crippen LogP contribution is -2.51. The number of anilines is 2. The van der Waals surface area contributed by atoms with Gasteiger partial charge in [0.2, 0.25) is 11.8 Å². The van der Waals surface area contributed by atoms with Crippen molar-refractivity contribution < 1.29 is 55.4 Å². The summed E-state index contributed by atoms with van der Waals surface area (Å²) in [5.41, 5.74) is -9.41. The summed E-state index contributed by atoms with van der Waals surface area (Å²) in [6, 6.07) is 3.12. The maximum atomic E-state index is 14.4. The van der Waals surface area contributed by atoms with E-state index in [2.05, 4.69) is 0 Å². The van der Waals surface area contributed by atoms with Crippen LogP contribution in [0.5, 0.6) is 0 Å². The van der Waals surface area contributed by atoms with Crippen LogP contribution >= 0.6 is 0 Å². The molecule has 1 spiro atoms. The summed E-state index contributed by atoms with van der Waals surface area (Å²) in [6.45, 7) is 1.88. The summed E-state index contributed by atoms with van der Waals surface area (Å²) in [5, 5.41) is 22.1. The maximum Gasteiger partial charge on any atom is 0.418 e. The van der Waals surface area contributed by atoms with Crippen LogP contribution in [0.25, 0.3) is 0 Å². The van der Waals surface area contributed by atoms with Gasteiger partial charge in [0.15, 0.2) is 11.3 Å². The number of nitro benzene ring substituents is 2. The van der Waals surface area contributed by atoms with Gasteiger partial charge in [-0.3, -0.25) is 39.4 Å². The molecule has 2 fully saturated rings. The quantitative estimate of drug-likeness (QED) is 0.170. The van der Waals surface area contributed by atoms with E-state index in [1.807, 2.05) is 0 Å². The van der Waals surface area contributed by atoms with Gasteiger partial charge in [-0.25, -0.2) is 9.80 Å². The van der Waals surface area contributed by atoms with Crippen LogP contribution < -0.4 is 9.80 Å². The van der Waals surface area contributed by atoms with E-state index in [0.29, 0.717) is 6.07 Å². The van der Waals surface area contributed by atoms with Crippen molar-refractivity contribution in [2.75, 3.05) is 9.80 Å². The van der Waals surface area contributed by atoms with Crippen molar-refractivity contribution in [3.63, 3.8) is 0 Å². The molecule has 2 aliphatic heterocycles. The number of rotatable bonds is 4. The fourth-order valence-corrected chi connectivity index (χ4v) is 5.16. The lowest BCUT2D eigenvalue weighted by Gasteiger charge is -2.29. The number of aryl methyl sites for hydroxylation is 1. The molecule has 2 aromatic rings. The first-order valence-electron chi connectivity index (χ1n) is 11.2. The highest BCUT2D eigenvalue weighted by molar-refractivity contribution is 6.39. The summed E-state index contributed by atoms with van der Waals surface area (Å²) in [7, 11) is 0. The number of halogens is 6. The number of imide groups is 2. The third-order valence-corrected chi connectivity index (χ3v) is 7.01. The Hall–Kier alpha value is -4.90. The first kappa shape index (κ1) is 29.1. The second-order valence-corrected chi connectivity index (χ2v) is 9.21. The summed E-state index contributed by atoms with van der Waals surface area (Å²) in [6.07, 6.45) is -11.3. The summed E-state index contributed by atoms with van der Waals surface area (Å²) in [4.78, 5) is 73.4. The number of carbonyl (C=O) groups excluding carboxylic acids is 4. The topological polar surface area (TPSA) is 161 Å². The third-order valence-electron chi connectivity index (χ3n) is 7.01. The highest BCUT2D eigenvalue weighted by Gasteiger charge is 2.79. The number of hydrogen-bond donors (Lipinski definition) is 0. The van der Waals surface area contributed by atoms with Crippen LogP contribution in [0.3, 0.4) is 0 Å². The molecule has 1 unspecified atom stereocenters. The first-order valence-corrected chi connectivity index (χ1v) is 11.2. The van der Waals surface area contributed by atoms with E-state index in [1.165, 1.54) is 6.92 Å². The molecule has 4 rings (SSSR count). The largest absolute Gasteiger partial charge is 0.418 e. The molecule has 2 saturated heterocycles. The standard InChI is InChI=1S/C23H14F6N4O8/c1-9-7-11(32(38)39)3-5-14(9)30-17(34)10(2)21(19(30)36)16(23(27,28)29)18(35)31(20(21)37)15-6-4-12(33(40)41)8-13(15)22(24,25)26/h3-8,10,16H,1-2H3/t10?,16-,21-/m0/s1. The van der Waals surface area contributed by atoms with Gasteiger partial charge in [-0.15, -0.1) is 0 Å². The SMILES string of the molecule is Cc1cc([N+](=O)[O-])ccc1N1C(=O)C(C)[C@]2(C1=O)C(=O)N(c1ccc([N+](=O)[O-])cc1C(F)(F)F)C(=O)[C@@H]2C(F)(F)F. The van der Waals surface area contributed by atoms with Crippen molar-refractivity contribution in [1.82, 2.24) is 0 Å². The Labute approximate surface area is 223 Å².